The third-order valence-corrected chi connectivity index (χ3v) is 1.55. The lowest BCUT2D eigenvalue weighted by molar-refractivity contribution is -0.0217. The van der Waals surface area contributed by atoms with Crippen molar-refractivity contribution in [3.63, 3.8) is 0 Å². The van der Waals surface area contributed by atoms with Gasteiger partial charge in [-0.3, -0.25) is 0 Å². The van der Waals surface area contributed by atoms with E-state index >= 15 is 0 Å². The second-order valence-electron chi connectivity index (χ2n) is 3.43. The zero-order valence-electron chi connectivity index (χ0n) is 7.85. The van der Waals surface area contributed by atoms with Gasteiger partial charge in [0, 0.05) is 12.5 Å². The van der Waals surface area contributed by atoms with E-state index < -0.39 is 0 Å². The Balaban J connectivity index is 3.82. The molecule has 11 heavy (non-hydrogen) atoms. The normalized spacial score (nSPS) is 14.1. The van der Waals surface area contributed by atoms with Crippen molar-refractivity contribution < 1.29 is 4.74 Å². The molecule has 2 heteroatoms. The summed E-state index contributed by atoms with van der Waals surface area (Å²) in [6, 6.07) is 2.20. The lowest BCUT2D eigenvalue weighted by atomic mass is 9.96. The number of hydrogen-bond acceptors (Lipinski definition) is 2. The van der Waals surface area contributed by atoms with Crippen LogP contribution in [0.5, 0.6) is 0 Å². The summed E-state index contributed by atoms with van der Waals surface area (Å²) in [5.41, 5.74) is -0.149. The van der Waals surface area contributed by atoms with E-state index in [0.717, 1.165) is 6.42 Å². The van der Waals surface area contributed by atoms with Crippen molar-refractivity contribution in [2.75, 3.05) is 6.61 Å². The number of ether oxygens (including phenoxy) is 1. The summed E-state index contributed by atoms with van der Waals surface area (Å²) in [4.78, 5) is 0. The van der Waals surface area contributed by atoms with Gasteiger partial charge in [0.1, 0.15) is 0 Å². The fourth-order valence-electron chi connectivity index (χ4n) is 1.23. The van der Waals surface area contributed by atoms with Gasteiger partial charge in [0.05, 0.1) is 11.7 Å². The van der Waals surface area contributed by atoms with Crippen LogP contribution in [0.15, 0.2) is 0 Å². The van der Waals surface area contributed by atoms with E-state index in [0.29, 0.717) is 6.61 Å². The maximum absolute atomic E-state index is 8.56. The first-order valence-electron chi connectivity index (χ1n) is 4.05. The summed E-state index contributed by atoms with van der Waals surface area (Å²) in [5.74, 6) is 0.0801. The molecule has 0 aliphatic rings. The van der Waals surface area contributed by atoms with Crippen LogP contribution in [0.25, 0.3) is 0 Å². The molecule has 0 aliphatic heterocycles. The summed E-state index contributed by atoms with van der Waals surface area (Å²) in [6.07, 6.45) is 0.803. The van der Waals surface area contributed by atoms with Crippen LogP contribution < -0.4 is 0 Å². The van der Waals surface area contributed by atoms with E-state index in [-0.39, 0.29) is 11.5 Å². The van der Waals surface area contributed by atoms with Crippen molar-refractivity contribution in [3.8, 4) is 6.07 Å². The second kappa shape index (κ2) is 4.35. The molecule has 0 N–H and O–H groups in total. The molecule has 0 radical (unpaired) electrons. The van der Waals surface area contributed by atoms with Crippen molar-refractivity contribution in [2.24, 2.45) is 5.92 Å². The molecule has 0 saturated carbocycles. The van der Waals surface area contributed by atoms with Crippen LogP contribution in [0.2, 0.25) is 0 Å². The molecular formula is C9H17NO. The highest BCUT2D eigenvalue weighted by atomic mass is 16.5. The standard InChI is InChI=1S/C9H17NO/c1-5-11-9(3,4)6-8(2)7-10/h8H,5-6H2,1-4H3. The predicted molar refractivity (Wildman–Crippen MR) is 45.1 cm³/mol. The molecule has 1 atom stereocenters. The Morgan fingerprint density at radius 1 is 1.55 bits per heavy atom. The van der Waals surface area contributed by atoms with Crippen LogP contribution in [0.4, 0.5) is 0 Å². The molecule has 0 aromatic heterocycles. The molecule has 0 heterocycles. The van der Waals surface area contributed by atoms with E-state index in [1.54, 1.807) is 0 Å². The van der Waals surface area contributed by atoms with Crippen molar-refractivity contribution in [1.82, 2.24) is 0 Å². The number of nitrogens with zero attached hydrogens (tertiary/aromatic N) is 1. The van der Waals surface area contributed by atoms with Gasteiger partial charge in [-0.1, -0.05) is 0 Å². The third-order valence-electron chi connectivity index (χ3n) is 1.55. The zero-order valence-corrected chi connectivity index (χ0v) is 7.85. The number of hydrogen-bond donors (Lipinski definition) is 0. The van der Waals surface area contributed by atoms with Crippen LogP contribution in [0.1, 0.15) is 34.1 Å². The van der Waals surface area contributed by atoms with E-state index in [2.05, 4.69) is 6.07 Å². The van der Waals surface area contributed by atoms with Gasteiger partial charge in [0.2, 0.25) is 0 Å². The molecule has 0 saturated heterocycles. The Morgan fingerprint density at radius 3 is 2.45 bits per heavy atom. The molecule has 0 rings (SSSR count). The Hall–Kier alpha value is -0.550. The van der Waals surface area contributed by atoms with Crippen molar-refractivity contribution in [1.29, 1.82) is 5.26 Å². The van der Waals surface area contributed by atoms with Gasteiger partial charge < -0.3 is 4.74 Å². The minimum absolute atomic E-state index is 0.0801. The van der Waals surface area contributed by atoms with Gasteiger partial charge in [0.25, 0.3) is 0 Å². The molecular weight excluding hydrogens is 138 g/mol. The second-order valence-corrected chi connectivity index (χ2v) is 3.43. The molecule has 0 aromatic rings. The molecule has 0 bridgehead atoms. The van der Waals surface area contributed by atoms with Crippen LogP contribution in [-0.4, -0.2) is 12.2 Å². The minimum atomic E-state index is -0.149. The van der Waals surface area contributed by atoms with E-state index in [9.17, 15) is 0 Å². The Bertz CT molecular complexity index is 146. The van der Waals surface area contributed by atoms with Gasteiger partial charge in [0.15, 0.2) is 0 Å². The summed E-state index contributed by atoms with van der Waals surface area (Å²) in [6.45, 7) is 8.64. The molecule has 0 aromatic carbocycles. The topological polar surface area (TPSA) is 33.0 Å². The van der Waals surface area contributed by atoms with Crippen molar-refractivity contribution in [2.45, 2.75) is 39.7 Å². The summed E-state index contributed by atoms with van der Waals surface area (Å²) in [5, 5.41) is 8.56. The molecule has 2 nitrogen and oxygen atoms in total. The number of nitriles is 1. The SMILES string of the molecule is CCOC(C)(C)CC(C)C#N. The first-order valence-corrected chi connectivity index (χ1v) is 4.05. The fourth-order valence-corrected chi connectivity index (χ4v) is 1.23. The first kappa shape index (κ1) is 10.4. The molecule has 0 amide bonds. The van der Waals surface area contributed by atoms with Crippen LogP contribution in [-0.2, 0) is 4.74 Å². The highest BCUT2D eigenvalue weighted by Crippen LogP contribution is 2.19. The fraction of sp³-hybridized carbons (Fsp3) is 0.889. The summed E-state index contributed by atoms with van der Waals surface area (Å²) < 4.78 is 5.45. The van der Waals surface area contributed by atoms with Gasteiger partial charge >= 0.3 is 0 Å². The first-order chi connectivity index (χ1) is 5.02. The highest BCUT2D eigenvalue weighted by molar-refractivity contribution is 4.84. The minimum Gasteiger partial charge on any atom is -0.376 e. The predicted octanol–water partition coefficient (Wildman–Crippen LogP) is 2.35. The smallest absolute Gasteiger partial charge is 0.0653 e. The maximum Gasteiger partial charge on any atom is 0.0653 e. The van der Waals surface area contributed by atoms with Crippen molar-refractivity contribution >= 4 is 0 Å². The Labute approximate surface area is 69.2 Å². The quantitative estimate of drug-likeness (QED) is 0.624. The van der Waals surface area contributed by atoms with Crippen LogP contribution in [0.3, 0.4) is 0 Å². The molecule has 64 valence electrons. The highest BCUT2D eigenvalue weighted by Gasteiger charge is 2.20. The van der Waals surface area contributed by atoms with Gasteiger partial charge in [-0.15, -0.1) is 0 Å². The summed E-state index contributed by atoms with van der Waals surface area (Å²) >= 11 is 0. The van der Waals surface area contributed by atoms with Gasteiger partial charge in [-0.05, 0) is 34.1 Å². The lowest BCUT2D eigenvalue weighted by Gasteiger charge is -2.25. The van der Waals surface area contributed by atoms with E-state index in [4.69, 9.17) is 10.00 Å². The summed E-state index contributed by atoms with van der Waals surface area (Å²) in [7, 11) is 0. The molecule has 0 spiro atoms. The average Bonchev–Trinajstić information content (AvgIpc) is 1.86. The lowest BCUT2D eigenvalue weighted by Crippen LogP contribution is -2.26. The van der Waals surface area contributed by atoms with E-state index in [1.165, 1.54) is 0 Å². The van der Waals surface area contributed by atoms with Crippen LogP contribution in [0, 0.1) is 17.2 Å². The maximum atomic E-state index is 8.56. The van der Waals surface area contributed by atoms with Gasteiger partial charge in [-0.2, -0.15) is 5.26 Å². The zero-order chi connectivity index (χ0) is 8.91. The van der Waals surface area contributed by atoms with Gasteiger partial charge in [-0.25, -0.2) is 0 Å². The van der Waals surface area contributed by atoms with Crippen molar-refractivity contribution in [3.05, 3.63) is 0 Å². The largest absolute Gasteiger partial charge is 0.376 e. The molecule has 1 unspecified atom stereocenters. The Kier molecular flexibility index (Phi) is 4.14. The average molecular weight is 155 g/mol. The third kappa shape index (κ3) is 4.80. The van der Waals surface area contributed by atoms with E-state index in [1.807, 2.05) is 27.7 Å². The monoisotopic (exact) mass is 155 g/mol. The molecule has 0 aliphatic carbocycles. The van der Waals surface area contributed by atoms with Crippen LogP contribution >= 0.6 is 0 Å². The molecule has 0 fully saturated rings. The Morgan fingerprint density at radius 2 is 2.09 bits per heavy atom. The number of rotatable bonds is 4.